The topological polar surface area (TPSA) is 69.0 Å². The number of hydrogen-bond acceptors (Lipinski definition) is 4. The number of nitrogens with zero attached hydrogens (tertiary/aromatic N) is 2. The molecule has 5 nitrogen and oxygen atoms in total. The van der Waals surface area contributed by atoms with Crippen molar-refractivity contribution >= 4 is 21.7 Å². The number of benzene rings is 2. The molecule has 3 aromatic rings. The van der Waals surface area contributed by atoms with Crippen molar-refractivity contribution in [2.24, 2.45) is 0 Å². The van der Waals surface area contributed by atoms with Crippen LogP contribution in [0.2, 0.25) is 0 Å². The van der Waals surface area contributed by atoms with Crippen LogP contribution in [-0.2, 0) is 16.4 Å². The van der Waals surface area contributed by atoms with E-state index in [1.165, 1.54) is 6.07 Å². The highest BCUT2D eigenvalue weighted by Crippen LogP contribution is 2.28. The average molecular weight is 364 g/mol. The molecule has 0 saturated heterocycles. The summed E-state index contributed by atoms with van der Waals surface area (Å²) in [6, 6.07) is 16.2. The Bertz CT molecular complexity index is 1110. The van der Waals surface area contributed by atoms with Gasteiger partial charge in [0.2, 0.25) is 0 Å². The normalized spacial score (nSPS) is 17.2. The largest absolute Gasteiger partial charge is 0.289 e. The van der Waals surface area contributed by atoms with Gasteiger partial charge in [-0.15, -0.1) is 0 Å². The summed E-state index contributed by atoms with van der Waals surface area (Å²) >= 11 is 0. The molecule has 2 aromatic carbocycles. The Morgan fingerprint density at radius 2 is 1.77 bits per heavy atom. The van der Waals surface area contributed by atoms with Gasteiger partial charge in [0.05, 0.1) is 23.4 Å². The smallest absolute Gasteiger partial charge is 0.191 e. The van der Waals surface area contributed by atoms with E-state index < -0.39 is 9.84 Å². The molecule has 0 atom stereocenters. The third kappa shape index (κ3) is 3.11. The number of Topliss-reactive ketones (excluding diaryl/α,β-unsaturated/α-hetero) is 1. The van der Waals surface area contributed by atoms with Gasteiger partial charge in [-0.2, -0.15) is 5.10 Å². The van der Waals surface area contributed by atoms with E-state index >= 15 is 0 Å². The van der Waals surface area contributed by atoms with Crippen molar-refractivity contribution in [1.82, 2.24) is 9.78 Å². The van der Waals surface area contributed by atoms with Crippen molar-refractivity contribution in [3.63, 3.8) is 0 Å². The molecule has 0 amide bonds. The fraction of sp³-hybridized carbons (Fsp3) is 0.100. The number of sulfone groups is 1. The second-order valence-electron chi connectivity index (χ2n) is 6.21. The van der Waals surface area contributed by atoms with Crippen molar-refractivity contribution in [2.75, 3.05) is 5.75 Å². The van der Waals surface area contributed by atoms with Crippen molar-refractivity contribution in [3.05, 3.63) is 89.3 Å². The van der Waals surface area contributed by atoms with E-state index in [1.807, 2.05) is 30.3 Å². The van der Waals surface area contributed by atoms with E-state index in [-0.39, 0.29) is 27.6 Å². The fourth-order valence-electron chi connectivity index (χ4n) is 3.07. The first-order chi connectivity index (χ1) is 12.5. The number of aromatic nitrogens is 2. The highest BCUT2D eigenvalue weighted by Gasteiger charge is 2.32. The van der Waals surface area contributed by atoms with Gasteiger partial charge in [0.25, 0.3) is 0 Å². The zero-order valence-corrected chi connectivity index (χ0v) is 14.7. The fourth-order valence-corrected chi connectivity index (χ4v) is 4.63. The van der Waals surface area contributed by atoms with E-state index in [2.05, 4.69) is 5.10 Å². The second kappa shape index (κ2) is 6.38. The van der Waals surface area contributed by atoms with Crippen molar-refractivity contribution in [3.8, 4) is 0 Å². The molecule has 1 aliphatic heterocycles. The number of ketones is 1. The highest BCUT2D eigenvalue weighted by atomic mass is 32.2. The summed E-state index contributed by atoms with van der Waals surface area (Å²) in [7, 11) is -3.50. The molecule has 130 valence electrons. The first-order valence-electron chi connectivity index (χ1n) is 8.16. The van der Waals surface area contributed by atoms with Gasteiger partial charge in [-0.1, -0.05) is 42.5 Å². The van der Waals surface area contributed by atoms with Crippen molar-refractivity contribution in [1.29, 1.82) is 0 Å². The van der Waals surface area contributed by atoms with Gasteiger partial charge < -0.3 is 0 Å². The molecule has 1 aliphatic rings. The van der Waals surface area contributed by atoms with Gasteiger partial charge >= 0.3 is 0 Å². The number of carbonyl (C=O) groups is 1. The lowest BCUT2D eigenvalue weighted by Gasteiger charge is -2.17. The summed E-state index contributed by atoms with van der Waals surface area (Å²) in [5, 5.41) is 4.29. The summed E-state index contributed by atoms with van der Waals surface area (Å²) < 4.78 is 26.7. The average Bonchev–Trinajstić information content (AvgIpc) is 3.07. The Kier molecular flexibility index (Phi) is 4.05. The Labute approximate surface area is 151 Å². The Balaban J connectivity index is 1.64. The molecule has 0 saturated carbocycles. The molecule has 0 radical (unpaired) electrons. The predicted molar refractivity (Wildman–Crippen MR) is 98.6 cm³/mol. The standard InChI is InChI=1S/C20H16N2O3S/c23-20-17(14-26(24,25)19-9-5-4-8-18(19)20)10-16-11-21-22(13-16)12-15-6-2-1-3-7-15/h1-11,13H,12,14H2/b17-10+. The molecule has 6 heteroatoms. The van der Waals surface area contributed by atoms with E-state index in [9.17, 15) is 13.2 Å². The molecule has 0 fully saturated rings. The Morgan fingerprint density at radius 3 is 2.58 bits per heavy atom. The number of hydrogen-bond donors (Lipinski definition) is 0. The molecule has 1 aromatic heterocycles. The van der Waals surface area contributed by atoms with Crippen LogP contribution in [0.4, 0.5) is 0 Å². The highest BCUT2D eigenvalue weighted by molar-refractivity contribution is 7.91. The number of fused-ring (bicyclic) bond motifs is 1. The maximum atomic E-state index is 12.6. The summed E-state index contributed by atoms with van der Waals surface area (Å²) in [5.41, 5.74) is 2.32. The molecular weight excluding hydrogens is 348 g/mol. The van der Waals surface area contributed by atoms with Crippen LogP contribution in [0.1, 0.15) is 21.5 Å². The maximum Gasteiger partial charge on any atom is 0.191 e. The second-order valence-corrected chi connectivity index (χ2v) is 8.17. The van der Waals surface area contributed by atoms with Crippen molar-refractivity contribution < 1.29 is 13.2 Å². The van der Waals surface area contributed by atoms with Crippen LogP contribution in [0.25, 0.3) is 6.08 Å². The summed E-state index contributed by atoms with van der Waals surface area (Å²) in [4.78, 5) is 12.8. The van der Waals surface area contributed by atoms with E-state index in [4.69, 9.17) is 0 Å². The van der Waals surface area contributed by atoms with Crippen LogP contribution >= 0.6 is 0 Å². The number of carbonyl (C=O) groups excluding carboxylic acids is 1. The van der Waals surface area contributed by atoms with Crippen LogP contribution in [-0.4, -0.2) is 29.7 Å². The minimum absolute atomic E-state index is 0.113. The molecule has 0 N–H and O–H groups in total. The van der Waals surface area contributed by atoms with Crippen LogP contribution in [0.3, 0.4) is 0 Å². The van der Waals surface area contributed by atoms with E-state index in [0.29, 0.717) is 12.1 Å². The first kappa shape index (κ1) is 16.5. The summed E-state index contributed by atoms with van der Waals surface area (Å²) in [5.74, 6) is -0.529. The lowest BCUT2D eigenvalue weighted by Crippen LogP contribution is -2.24. The monoisotopic (exact) mass is 364 g/mol. The third-order valence-electron chi connectivity index (χ3n) is 4.29. The summed E-state index contributed by atoms with van der Waals surface area (Å²) in [6.45, 7) is 0.610. The van der Waals surface area contributed by atoms with Crippen LogP contribution < -0.4 is 0 Å². The molecule has 0 bridgehead atoms. The predicted octanol–water partition coefficient (Wildman–Crippen LogP) is 2.99. The molecule has 26 heavy (non-hydrogen) atoms. The van der Waals surface area contributed by atoms with E-state index in [0.717, 1.165) is 5.56 Å². The molecule has 0 spiro atoms. The Morgan fingerprint density at radius 1 is 1.04 bits per heavy atom. The van der Waals surface area contributed by atoms with E-state index in [1.54, 1.807) is 41.4 Å². The van der Waals surface area contributed by atoms with Gasteiger partial charge in [-0.05, 0) is 23.8 Å². The Hall–Kier alpha value is -2.99. The number of rotatable bonds is 3. The summed E-state index contributed by atoms with van der Waals surface area (Å²) in [6.07, 6.45) is 5.06. The van der Waals surface area contributed by atoms with Gasteiger partial charge in [0.1, 0.15) is 0 Å². The zero-order chi connectivity index (χ0) is 18.1. The molecule has 2 heterocycles. The molecule has 4 rings (SSSR count). The van der Waals surface area contributed by atoms with Crippen molar-refractivity contribution in [2.45, 2.75) is 11.4 Å². The van der Waals surface area contributed by atoms with Gasteiger partial charge in [0.15, 0.2) is 15.6 Å². The van der Waals surface area contributed by atoms with Gasteiger partial charge in [-0.25, -0.2) is 8.42 Å². The minimum Gasteiger partial charge on any atom is -0.289 e. The SMILES string of the molecule is O=C1/C(=C/c2cnn(Cc3ccccc3)c2)CS(=O)(=O)c2ccccc21. The minimum atomic E-state index is -3.50. The quantitative estimate of drug-likeness (QED) is 0.670. The van der Waals surface area contributed by atoms with Gasteiger partial charge in [-0.3, -0.25) is 9.48 Å². The molecular formula is C20H16N2O3S. The lowest BCUT2D eigenvalue weighted by atomic mass is 10.0. The molecule has 0 unspecified atom stereocenters. The lowest BCUT2D eigenvalue weighted by molar-refractivity contribution is 0.103. The zero-order valence-electron chi connectivity index (χ0n) is 13.9. The first-order valence-corrected chi connectivity index (χ1v) is 9.81. The van der Waals surface area contributed by atoms with Crippen LogP contribution in [0.15, 0.2) is 77.5 Å². The van der Waals surface area contributed by atoms with Crippen LogP contribution in [0, 0.1) is 0 Å². The third-order valence-corrected chi connectivity index (χ3v) is 6.00. The van der Waals surface area contributed by atoms with Crippen LogP contribution in [0.5, 0.6) is 0 Å². The maximum absolute atomic E-state index is 12.6. The van der Waals surface area contributed by atoms with Gasteiger partial charge in [0, 0.05) is 22.9 Å². The molecule has 0 aliphatic carbocycles.